The standard InChI is InChI=1S/C12H13N3O5S/c1-8-10(6-9(20-8)12(16)17)21(18,19)15-5-4-14-3-2-13-11(14)7-15/h2-3,6H,4-5,7H2,1H3,(H,16,17). The Morgan fingerprint density at radius 1 is 1.43 bits per heavy atom. The minimum Gasteiger partial charge on any atom is -0.475 e. The highest BCUT2D eigenvalue weighted by Gasteiger charge is 2.32. The van der Waals surface area contributed by atoms with Crippen LogP contribution in [0.3, 0.4) is 0 Å². The van der Waals surface area contributed by atoms with Gasteiger partial charge in [0.15, 0.2) is 0 Å². The summed E-state index contributed by atoms with van der Waals surface area (Å²) in [7, 11) is -3.80. The van der Waals surface area contributed by atoms with Gasteiger partial charge in [-0.2, -0.15) is 4.31 Å². The van der Waals surface area contributed by atoms with Gasteiger partial charge in [-0.3, -0.25) is 0 Å². The lowest BCUT2D eigenvalue weighted by Gasteiger charge is -2.26. The van der Waals surface area contributed by atoms with Crippen LogP contribution in [0.15, 0.2) is 27.8 Å². The summed E-state index contributed by atoms with van der Waals surface area (Å²) in [5.41, 5.74) is 0. The van der Waals surface area contributed by atoms with E-state index >= 15 is 0 Å². The number of carboxylic acids is 1. The number of furan rings is 1. The van der Waals surface area contributed by atoms with Crippen molar-refractivity contribution in [3.63, 3.8) is 0 Å². The van der Waals surface area contributed by atoms with Crippen molar-refractivity contribution >= 4 is 16.0 Å². The molecule has 0 spiro atoms. The van der Waals surface area contributed by atoms with Crippen molar-refractivity contribution in [3.8, 4) is 0 Å². The number of imidazole rings is 1. The molecule has 0 saturated carbocycles. The molecule has 2 aromatic rings. The second-order valence-electron chi connectivity index (χ2n) is 4.71. The fourth-order valence-electron chi connectivity index (χ4n) is 2.32. The minimum absolute atomic E-state index is 0.0707. The van der Waals surface area contributed by atoms with Gasteiger partial charge in [-0.1, -0.05) is 0 Å². The van der Waals surface area contributed by atoms with E-state index in [0.717, 1.165) is 6.07 Å². The lowest BCUT2D eigenvalue weighted by molar-refractivity contribution is 0.0661. The Morgan fingerprint density at radius 3 is 2.86 bits per heavy atom. The Bertz CT molecular complexity index is 805. The largest absolute Gasteiger partial charge is 0.475 e. The second-order valence-corrected chi connectivity index (χ2v) is 6.62. The van der Waals surface area contributed by atoms with Gasteiger partial charge in [0.25, 0.3) is 0 Å². The molecule has 1 aliphatic rings. The number of hydrogen-bond donors (Lipinski definition) is 1. The Hall–Kier alpha value is -2.13. The van der Waals surface area contributed by atoms with E-state index in [-0.39, 0.29) is 23.0 Å². The number of hydrogen-bond acceptors (Lipinski definition) is 5. The molecule has 3 heterocycles. The average molecular weight is 311 g/mol. The summed E-state index contributed by atoms with van der Waals surface area (Å²) < 4.78 is 33.4. The summed E-state index contributed by atoms with van der Waals surface area (Å²) in [6.45, 7) is 2.41. The Balaban J connectivity index is 1.96. The summed E-state index contributed by atoms with van der Waals surface area (Å²) in [5.74, 6) is -0.955. The van der Waals surface area contributed by atoms with Crippen molar-refractivity contribution in [3.05, 3.63) is 35.8 Å². The predicted molar refractivity (Wildman–Crippen MR) is 70.2 cm³/mol. The van der Waals surface area contributed by atoms with E-state index < -0.39 is 16.0 Å². The van der Waals surface area contributed by atoms with Crippen LogP contribution in [0.5, 0.6) is 0 Å². The second kappa shape index (κ2) is 4.71. The highest BCUT2D eigenvalue weighted by Crippen LogP contribution is 2.26. The highest BCUT2D eigenvalue weighted by atomic mass is 32.2. The normalized spacial score (nSPS) is 15.9. The predicted octanol–water partition coefficient (Wildman–Crippen LogP) is 0.687. The summed E-state index contributed by atoms with van der Waals surface area (Å²) >= 11 is 0. The molecular formula is C12H13N3O5S. The zero-order chi connectivity index (χ0) is 15.2. The highest BCUT2D eigenvalue weighted by molar-refractivity contribution is 7.89. The van der Waals surface area contributed by atoms with Crippen LogP contribution in [-0.4, -0.2) is 39.9 Å². The van der Waals surface area contributed by atoms with Crippen LogP contribution in [0.25, 0.3) is 0 Å². The van der Waals surface area contributed by atoms with Gasteiger partial charge in [0.1, 0.15) is 16.5 Å². The average Bonchev–Trinajstić information content (AvgIpc) is 3.03. The molecule has 0 fully saturated rings. The summed E-state index contributed by atoms with van der Waals surface area (Å²) in [4.78, 5) is 14.9. The van der Waals surface area contributed by atoms with Gasteiger partial charge >= 0.3 is 5.97 Å². The molecule has 2 aromatic heterocycles. The van der Waals surface area contributed by atoms with Crippen LogP contribution >= 0.6 is 0 Å². The monoisotopic (exact) mass is 311 g/mol. The molecular weight excluding hydrogens is 298 g/mol. The number of aromatic nitrogens is 2. The maximum atomic E-state index is 12.6. The fourth-order valence-corrected chi connectivity index (χ4v) is 3.87. The Morgan fingerprint density at radius 2 is 2.19 bits per heavy atom. The number of fused-ring (bicyclic) bond motifs is 1. The van der Waals surface area contributed by atoms with Gasteiger partial charge in [0, 0.05) is 31.5 Å². The molecule has 21 heavy (non-hydrogen) atoms. The third kappa shape index (κ3) is 2.24. The van der Waals surface area contributed by atoms with Crippen LogP contribution in [0.1, 0.15) is 22.1 Å². The van der Waals surface area contributed by atoms with Crippen molar-refractivity contribution in [2.75, 3.05) is 6.54 Å². The number of sulfonamides is 1. The quantitative estimate of drug-likeness (QED) is 0.894. The molecule has 0 amide bonds. The van der Waals surface area contributed by atoms with Gasteiger partial charge in [-0.05, 0) is 6.92 Å². The maximum Gasteiger partial charge on any atom is 0.371 e. The maximum absolute atomic E-state index is 12.6. The number of carboxylic acid groups (broad SMARTS) is 1. The summed E-state index contributed by atoms with van der Waals surface area (Å²) in [6.07, 6.45) is 3.42. The van der Waals surface area contributed by atoms with E-state index in [0.29, 0.717) is 18.9 Å². The van der Waals surface area contributed by atoms with Crippen molar-refractivity contribution in [1.29, 1.82) is 0 Å². The van der Waals surface area contributed by atoms with Crippen molar-refractivity contribution in [2.45, 2.75) is 24.9 Å². The van der Waals surface area contributed by atoms with Gasteiger partial charge < -0.3 is 14.1 Å². The zero-order valence-electron chi connectivity index (χ0n) is 11.2. The van der Waals surface area contributed by atoms with Crippen LogP contribution in [-0.2, 0) is 23.1 Å². The molecule has 3 rings (SSSR count). The Kier molecular flexibility index (Phi) is 3.10. The summed E-state index contributed by atoms with van der Waals surface area (Å²) in [5, 5.41) is 8.89. The van der Waals surface area contributed by atoms with Crippen LogP contribution in [0, 0.1) is 6.92 Å². The molecule has 0 unspecified atom stereocenters. The van der Waals surface area contributed by atoms with E-state index in [1.54, 1.807) is 12.4 Å². The lowest BCUT2D eigenvalue weighted by atomic mass is 10.4. The topological polar surface area (TPSA) is 106 Å². The first-order valence-corrected chi connectivity index (χ1v) is 7.67. The minimum atomic E-state index is -3.80. The van der Waals surface area contributed by atoms with Gasteiger partial charge in [0.2, 0.25) is 15.8 Å². The van der Waals surface area contributed by atoms with Gasteiger partial charge in [0.05, 0.1) is 6.54 Å². The number of rotatable bonds is 3. The van der Waals surface area contributed by atoms with Crippen LogP contribution < -0.4 is 0 Å². The Labute approximate surface area is 120 Å². The molecule has 9 heteroatoms. The van der Waals surface area contributed by atoms with E-state index in [1.165, 1.54) is 11.2 Å². The first-order chi connectivity index (χ1) is 9.89. The molecule has 1 N–H and O–H groups in total. The zero-order valence-corrected chi connectivity index (χ0v) is 12.0. The molecule has 0 radical (unpaired) electrons. The SMILES string of the molecule is Cc1oc(C(=O)O)cc1S(=O)(=O)N1CCn2ccnc2C1. The molecule has 0 aliphatic carbocycles. The summed E-state index contributed by atoms with van der Waals surface area (Å²) in [6, 6.07) is 1.05. The lowest BCUT2D eigenvalue weighted by Crippen LogP contribution is -2.38. The van der Waals surface area contributed by atoms with Crippen LogP contribution in [0.2, 0.25) is 0 Å². The third-order valence-corrected chi connectivity index (χ3v) is 5.36. The molecule has 0 aromatic carbocycles. The molecule has 0 saturated heterocycles. The van der Waals surface area contributed by atoms with E-state index in [4.69, 9.17) is 9.52 Å². The first-order valence-electron chi connectivity index (χ1n) is 6.23. The van der Waals surface area contributed by atoms with Crippen molar-refractivity contribution in [1.82, 2.24) is 13.9 Å². The van der Waals surface area contributed by atoms with E-state index in [9.17, 15) is 13.2 Å². The number of nitrogens with zero attached hydrogens (tertiary/aromatic N) is 3. The molecule has 112 valence electrons. The molecule has 0 bridgehead atoms. The van der Waals surface area contributed by atoms with Crippen LogP contribution in [0.4, 0.5) is 0 Å². The molecule has 8 nitrogen and oxygen atoms in total. The number of carbonyl (C=O) groups is 1. The first kappa shape index (κ1) is 13.8. The number of aromatic carboxylic acids is 1. The van der Waals surface area contributed by atoms with E-state index in [2.05, 4.69) is 4.98 Å². The molecule has 0 atom stereocenters. The van der Waals surface area contributed by atoms with E-state index in [1.807, 2.05) is 4.57 Å². The fraction of sp³-hybridized carbons (Fsp3) is 0.333. The number of aryl methyl sites for hydroxylation is 1. The van der Waals surface area contributed by atoms with Crippen molar-refractivity contribution < 1.29 is 22.7 Å². The van der Waals surface area contributed by atoms with Gasteiger partial charge in [-0.15, -0.1) is 0 Å². The van der Waals surface area contributed by atoms with Gasteiger partial charge in [-0.25, -0.2) is 18.2 Å². The van der Waals surface area contributed by atoms with Crippen molar-refractivity contribution in [2.24, 2.45) is 0 Å². The smallest absolute Gasteiger partial charge is 0.371 e. The molecule has 1 aliphatic heterocycles. The third-order valence-electron chi connectivity index (χ3n) is 3.41.